The summed E-state index contributed by atoms with van der Waals surface area (Å²) >= 11 is 0. The van der Waals surface area contributed by atoms with Crippen LogP contribution in [0, 0.1) is 5.92 Å². The maximum atomic E-state index is 13.8. The second-order valence-electron chi connectivity index (χ2n) is 22.8. The molecule has 3 aliphatic heterocycles. The SMILES string of the molecule is CC(=O)NC1C(OCCOCCNC(=O)CCC(NC(=O)CCC(NC(=O)CC2CCC(OP(C)(=O)O)CC2)C(=O)NCCOCCOC2OC(CO)C(O)C(O)C2NC(C)=O)C(=O)NCCOCCOC2OC(CO)C(O)C(O)C2NC(C)=O)OC(CO)C(O)C1O. The van der Waals surface area contributed by atoms with Crippen LogP contribution >= 0.6 is 7.60 Å². The van der Waals surface area contributed by atoms with Crippen LogP contribution in [0.1, 0.15) is 78.6 Å². The molecule has 1 aliphatic carbocycles. The third-order valence-electron chi connectivity index (χ3n) is 15.2. The van der Waals surface area contributed by atoms with Crippen molar-refractivity contribution in [3.63, 3.8) is 0 Å². The molecule has 8 amide bonds. The summed E-state index contributed by atoms with van der Waals surface area (Å²) in [5, 5.41) is 112. The Bertz CT molecular complexity index is 2360. The molecule has 3 heterocycles. The van der Waals surface area contributed by atoms with Gasteiger partial charge in [0.05, 0.1) is 85.4 Å². The minimum Gasteiger partial charge on any atom is -0.394 e. The summed E-state index contributed by atoms with van der Waals surface area (Å²) in [7, 11) is -3.75. The predicted octanol–water partition coefficient (Wildman–Crippen LogP) is -8.42. The number of hydrogen-bond acceptors (Lipinski definition) is 28. The molecule has 0 aromatic rings. The molecule has 38 heteroatoms. The first kappa shape index (κ1) is 80.6. The summed E-state index contributed by atoms with van der Waals surface area (Å²) in [6.45, 7) is 1.38. The van der Waals surface area contributed by atoms with Crippen molar-refractivity contribution in [2.45, 2.75) is 189 Å². The van der Waals surface area contributed by atoms with Gasteiger partial charge in [0.1, 0.15) is 85.1 Å². The van der Waals surface area contributed by atoms with Crippen LogP contribution in [0.3, 0.4) is 0 Å². The fraction of sp³-hybridized carbons (Fsp3) is 0.855. The van der Waals surface area contributed by atoms with E-state index in [9.17, 15) is 93.8 Å². The maximum Gasteiger partial charge on any atom is 0.325 e. The smallest absolute Gasteiger partial charge is 0.325 e. The van der Waals surface area contributed by atoms with Crippen molar-refractivity contribution in [3.8, 4) is 0 Å². The molecular weight excluding hydrogens is 1270 g/mol. The van der Waals surface area contributed by atoms with Crippen molar-refractivity contribution in [2.75, 3.05) is 106 Å². The summed E-state index contributed by atoms with van der Waals surface area (Å²) in [4.78, 5) is 113. The van der Waals surface area contributed by atoms with Gasteiger partial charge in [0.2, 0.25) is 47.3 Å². The van der Waals surface area contributed by atoms with Crippen LogP contribution in [0.25, 0.3) is 0 Å². The highest BCUT2D eigenvalue weighted by molar-refractivity contribution is 7.51. The molecule has 0 radical (unpaired) electrons. The highest BCUT2D eigenvalue weighted by Gasteiger charge is 2.48. The predicted molar refractivity (Wildman–Crippen MR) is 315 cm³/mol. The lowest BCUT2D eigenvalue weighted by Crippen LogP contribution is -2.64. The lowest BCUT2D eigenvalue weighted by Gasteiger charge is -2.42. The Kier molecular flexibility index (Phi) is 36.4. The Morgan fingerprint density at radius 1 is 0.473 bits per heavy atom. The highest BCUT2D eigenvalue weighted by Crippen LogP contribution is 2.42. The molecule has 93 heavy (non-hydrogen) atoms. The first-order valence-corrected chi connectivity index (χ1v) is 32.8. The fourth-order valence-corrected chi connectivity index (χ4v) is 11.3. The van der Waals surface area contributed by atoms with E-state index in [1.165, 1.54) is 20.8 Å². The van der Waals surface area contributed by atoms with Gasteiger partial charge in [-0.15, -0.1) is 0 Å². The van der Waals surface area contributed by atoms with E-state index in [0.29, 0.717) is 25.7 Å². The Hall–Kier alpha value is -4.81. The van der Waals surface area contributed by atoms with Gasteiger partial charge >= 0.3 is 7.60 Å². The number of carbonyl (C=O) groups is 8. The van der Waals surface area contributed by atoms with Crippen LogP contribution in [0.15, 0.2) is 0 Å². The van der Waals surface area contributed by atoms with E-state index in [2.05, 4.69) is 42.5 Å². The van der Waals surface area contributed by atoms with E-state index in [-0.39, 0.29) is 111 Å². The van der Waals surface area contributed by atoms with Crippen LogP contribution in [0.2, 0.25) is 0 Å². The molecule has 3 saturated heterocycles. The number of aliphatic hydroxyl groups excluding tert-OH is 9. The zero-order valence-electron chi connectivity index (χ0n) is 52.6. The Labute approximate surface area is 537 Å². The number of aliphatic hydroxyl groups is 9. The van der Waals surface area contributed by atoms with E-state index < -0.39 is 191 Å². The van der Waals surface area contributed by atoms with Crippen molar-refractivity contribution < 1.29 is 141 Å². The summed E-state index contributed by atoms with van der Waals surface area (Å²) in [6, 6.07) is -6.23. The van der Waals surface area contributed by atoms with Crippen molar-refractivity contribution in [1.82, 2.24) is 42.5 Å². The summed E-state index contributed by atoms with van der Waals surface area (Å²) in [5.41, 5.74) is 0. The van der Waals surface area contributed by atoms with Crippen LogP contribution < -0.4 is 42.5 Å². The Morgan fingerprint density at radius 2 is 0.817 bits per heavy atom. The molecule has 37 nitrogen and oxygen atoms in total. The standard InChI is InChI=1S/C55H97N8O29P/c1-29(67)59-42-48(76)45(73)36(26-64)89-53(42)86-22-19-83-16-13-56-39(70)11-9-34(51(79)57-14-17-84-20-23-87-54-43(60-30(2)68)49(77)46(74)37(27-65)90-54)62-40(71)12-10-35(63-41(72)25-32-5-7-33(8-6-32)92-93(4,81)82)52(80)58-15-18-85-21-24-88-55-44(61-31(3)69)50(78)47(75)38(28-66)91-55/h32-38,42-50,53-55,64-66,73-78H,5-28H2,1-4H3,(H,56,70)(H,57,79)(H,58,80)(H,59,67)(H,60,68)(H,61,69)(H,62,71)(H,63,72)(H,81,82). The third kappa shape index (κ3) is 28.8. The average molecular weight is 1370 g/mol. The molecule has 18 atom stereocenters. The molecule has 18 N–H and O–H groups in total. The topological polar surface area (TPSA) is 544 Å². The first-order valence-electron chi connectivity index (χ1n) is 30.8. The second-order valence-corrected chi connectivity index (χ2v) is 24.6. The molecule has 0 aromatic carbocycles. The van der Waals surface area contributed by atoms with E-state index in [4.69, 9.17) is 47.2 Å². The van der Waals surface area contributed by atoms with Gasteiger partial charge in [-0.25, -0.2) is 0 Å². The molecule has 4 fully saturated rings. The van der Waals surface area contributed by atoms with E-state index in [1.807, 2.05) is 0 Å². The monoisotopic (exact) mass is 1360 g/mol. The van der Waals surface area contributed by atoms with Crippen molar-refractivity contribution in [1.29, 1.82) is 0 Å². The number of ether oxygens (including phenoxy) is 9. The molecule has 0 aromatic heterocycles. The second kappa shape index (κ2) is 42.0. The number of carbonyl (C=O) groups excluding carboxylic acids is 8. The van der Waals surface area contributed by atoms with Crippen molar-refractivity contribution in [3.05, 3.63) is 0 Å². The van der Waals surface area contributed by atoms with Gasteiger partial charge < -0.3 is 141 Å². The first-order chi connectivity index (χ1) is 44.2. The zero-order chi connectivity index (χ0) is 68.8. The summed E-state index contributed by atoms with van der Waals surface area (Å²) in [5.74, 6) is -5.13. The van der Waals surface area contributed by atoms with Gasteiger partial charge in [0.15, 0.2) is 18.9 Å². The van der Waals surface area contributed by atoms with Gasteiger partial charge in [0.25, 0.3) is 0 Å². The maximum absolute atomic E-state index is 13.8. The normalized spacial score (nSPS) is 30.1. The molecule has 0 spiro atoms. The van der Waals surface area contributed by atoms with Gasteiger partial charge in [0, 0.05) is 66.3 Å². The number of amides is 8. The molecule has 4 rings (SSSR count). The van der Waals surface area contributed by atoms with Gasteiger partial charge in [-0.3, -0.25) is 42.9 Å². The molecular formula is C55H97N8O29P. The highest BCUT2D eigenvalue weighted by atomic mass is 31.2. The molecule has 0 bridgehead atoms. The van der Waals surface area contributed by atoms with Crippen LogP contribution in [0.5, 0.6) is 0 Å². The van der Waals surface area contributed by atoms with E-state index >= 15 is 0 Å². The molecule has 4 aliphatic rings. The van der Waals surface area contributed by atoms with Crippen LogP contribution in [0.4, 0.5) is 0 Å². The fourth-order valence-electron chi connectivity index (χ4n) is 10.5. The minimum atomic E-state index is -3.75. The third-order valence-corrected chi connectivity index (χ3v) is 15.9. The summed E-state index contributed by atoms with van der Waals surface area (Å²) in [6.07, 6.45) is -16.7. The zero-order valence-corrected chi connectivity index (χ0v) is 53.5. The molecule has 1 saturated carbocycles. The van der Waals surface area contributed by atoms with Crippen molar-refractivity contribution in [2.24, 2.45) is 5.92 Å². The van der Waals surface area contributed by atoms with Gasteiger partial charge in [-0.1, -0.05) is 0 Å². The van der Waals surface area contributed by atoms with Crippen LogP contribution in [-0.2, 0) is 90.1 Å². The quantitative estimate of drug-likeness (QED) is 0.0200. The Morgan fingerprint density at radius 3 is 1.16 bits per heavy atom. The molecule has 536 valence electrons. The Balaban J connectivity index is 1.35. The van der Waals surface area contributed by atoms with Crippen LogP contribution in [-0.4, -0.2) is 314 Å². The van der Waals surface area contributed by atoms with E-state index in [0.717, 1.165) is 6.66 Å². The minimum absolute atomic E-state index is 0.0282. The number of nitrogens with one attached hydrogen (secondary N) is 8. The summed E-state index contributed by atoms with van der Waals surface area (Å²) < 4.78 is 67.3. The van der Waals surface area contributed by atoms with Crippen molar-refractivity contribution >= 4 is 54.9 Å². The molecule has 18 unspecified atom stereocenters. The van der Waals surface area contributed by atoms with Gasteiger partial charge in [-0.05, 0) is 44.4 Å². The largest absolute Gasteiger partial charge is 0.394 e. The lowest BCUT2D eigenvalue weighted by atomic mass is 9.85. The average Bonchev–Trinajstić information content (AvgIpc) is 1.14. The van der Waals surface area contributed by atoms with E-state index in [1.54, 1.807) is 0 Å². The number of rotatable bonds is 41. The lowest BCUT2D eigenvalue weighted by molar-refractivity contribution is -0.272. The number of hydrogen-bond donors (Lipinski definition) is 18. The van der Waals surface area contributed by atoms with Gasteiger partial charge in [-0.2, -0.15) is 0 Å².